The van der Waals surface area contributed by atoms with Crippen molar-refractivity contribution in [2.24, 2.45) is 0 Å². The second-order valence-corrected chi connectivity index (χ2v) is 5.93. The number of halogens is 1. The highest BCUT2D eigenvalue weighted by Crippen LogP contribution is 2.24. The van der Waals surface area contributed by atoms with Gasteiger partial charge in [-0.05, 0) is 35.7 Å². The van der Waals surface area contributed by atoms with Crippen molar-refractivity contribution in [2.45, 2.75) is 20.0 Å². The number of anilines is 1. The highest BCUT2D eigenvalue weighted by molar-refractivity contribution is 7.09. The van der Waals surface area contributed by atoms with Crippen LogP contribution in [0.2, 0.25) is 5.02 Å². The minimum absolute atomic E-state index is 0.824. The van der Waals surface area contributed by atoms with Crippen molar-refractivity contribution in [3.63, 3.8) is 0 Å². The van der Waals surface area contributed by atoms with Gasteiger partial charge in [-0.1, -0.05) is 30.7 Å². The van der Waals surface area contributed by atoms with Gasteiger partial charge < -0.3 is 10.2 Å². The van der Waals surface area contributed by atoms with Gasteiger partial charge in [-0.25, -0.2) is 0 Å². The third kappa shape index (κ3) is 3.96. The Hall–Kier alpha value is -1.03. The number of nitrogens with one attached hydrogen (secondary N) is 1. The van der Waals surface area contributed by atoms with E-state index < -0.39 is 0 Å². The molecule has 0 amide bonds. The van der Waals surface area contributed by atoms with Gasteiger partial charge in [-0.3, -0.25) is 0 Å². The van der Waals surface area contributed by atoms with E-state index in [4.69, 9.17) is 11.6 Å². The van der Waals surface area contributed by atoms with Crippen LogP contribution in [0.15, 0.2) is 35.7 Å². The number of thiophene rings is 1. The molecule has 0 bridgehead atoms. The first-order valence-electron chi connectivity index (χ1n) is 6.43. The zero-order chi connectivity index (χ0) is 13.7. The Morgan fingerprint density at radius 3 is 2.79 bits per heavy atom. The molecule has 0 atom stereocenters. The molecule has 2 nitrogen and oxygen atoms in total. The second-order valence-electron chi connectivity index (χ2n) is 4.49. The van der Waals surface area contributed by atoms with Gasteiger partial charge in [0.25, 0.3) is 0 Å². The Morgan fingerprint density at radius 2 is 2.16 bits per heavy atom. The topological polar surface area (TPSA) is 15.3 Å². The van der Waals surface area contributed by atoms with E-state index in [9.17, 15) is 0 Å². The molecule has 19 heavy (non-hydrogen) atoms. The minimum Gasteiger partial charge on any atom is -0.369 e. The van der Waals surface area contributed by atoms with E-state index in [0.29, 0.717) is 0 Å². The molecule has 102 valence electrons. The lowest BCUT2D eigenvalue weighted by Gasteiger charge is -2.19. The van der Waals surface area contributed by atoms with Gasteiger partial charge in [-0.2, -0.15) is 0 Å². The summed E-state index contributed by atoms with van der Waals surface area (Å²) in [6, 6.07) is 10.5. The van der Waals surface area contributed by atoms with E-state index in [1.807, 2.05) is 6.07 Å². The lowest BCUT2D eigenvalue weighted by atomic mass is 10.2. The van der Waals surface area contributed by atoms with E-state index in [2.05, 4.69) is 53.8 Å². The van der Waals surface area contributed by atoms with Crippen molar-refractivity contribution in [1.82, 2.24) is 5.32 Å². The van der Waals surface area contributed by atoms with Crippen LogP contribution in [0.5, 0.6) is 0 Å². The van der Waals surface area contributed by atoms with Crippen molar-refractivity contribution >= 4 is 28.6 Å². The summed E-state index contributed by atoms with van der Waals surface area (Å²) in [7, 11) is 2.09. The predicted octanol–water partition coefficient (Wildman–Crippen LogP) is 4.15. The molecular weight excluding hydrogens is 276 g/mol. The van der Waals surface area contributed by atoms with E-state index in [0.717, 1.165) is 35.9 Å². The van der Waals surface area contributed by atoms with Crippen LogP contribution in [0, 0.1) is 0 Å². The van der Waals surface area contributed by atoms with Crippen molar-refractivity contribution < 1.29 is 0 Å². The first-order valence-corrected chi connectivity index (χ1v) is 7.69. The molecule has 0 saturated carbocycles. The van der Waals surface area contributed by atoms with Crippen LogP contribution in [-0.2, 0) is 13.1 Å². The maximum Gasteiger partial charge on any atom is 0.0519 e. The molecule has 0 fully saturated rings. The van der Waals surface area contributed by atoms with Gasteiger partial charge >= 0.3 is 0 Å². The monoisotopic (exact) mass is 294 g/mol. The summed E-state index contributed by atoms with van der Waals surface area (Å²) >= 11 is 8.11. The maximum atomic E-state index is 6.33. The standard InChI is InChI=1S/C15H19ClN2S/c1-3-17-10-12-6-7-13(9-15(12)16)18(2)11-14-5-4-8-19-14/h4-9,17H,3,10-11H2,1-2H3. The third-order valence-corrected chi connectivity index (χ3v) is 4.23. The summed E-state index contributed by atoms with van der Waals surface area (Å²) in [6.45, 7) is 4.79. The van der Waals surface area contributed by atoms with Gasteiger partial charge in [0.05, 0.1) is 6.54 Å². The molecule has 0 spiro atoms. The molecule has 0 aliphatic rings. The largest absolute Gasteiger partial charge is 0.369 e. The fourth-order valence-corrected chi connectivity index (χ4v) is 2.90. The van der Waals surface area contributed by atoms with Crippen molar-refractivity contribution in [1.29, 1.82) is 0 Å². The lowest BCUT2D eigenvalue weighted by molar-refractivity contribution is 0.727. The highest BCUT2D eigenvalue weighted by atomic mass is 35.5. The molecule has 1 aromatic carbocycles. The fraction of sp³-hybridized carbons (Fsp3) is 0.333. The van der Waals surface area contributed by atoms with Crippen LogP contribution in [0.4, 0.5) is 5.69 Å². The predicted molar refractivity (Wildman–Crippen MR) is 85.3 cm³/mol. The van der Waals surface area contributed by atoms with Gasteiger partial charge in [0.15, 0.2) is 0 Å². The van der Waals surface area contributed by atoms with Gasteiger partial charge in [0, 0.05) is 29.2 Å². The molecule has 1 aromatic heterocycles. The molecular formula is C15H19ClN2S. The minimum atomic E-state index is 0.824. The summed E-state index contributed by atoms with van der Waals surface area (Å²) in [5.41, 5.74) is 2.30. The first kappa shape index (κ1) is 14.4. The van der Waals surface area contributed by atoms with Crippen LogP contribution >= 0.6 is 22.9 Å². The molecule has 0 radical (unpaired) electrons. The highest BCUT2D eigenvalue weighted by Gasteiger charge is 2.06. The number of nitrogens with zero attached hydrogens (tertiary/aromatic N) is 1. The van der Waals surface area contributed by atoms with Crippen LogP contribution in [0.1, 0.15) is 17.4 Å². The van der Waals surface area contributed by atoms with Crippen LogP contribution in [0.25, 0.3) is 0 Å². The first-order chi connectivity index (χ1) is 9.20. The van der Waals surface area contributed by atoms with Crippen LogP contribution in [-0.4, -0.2) is 13.6 Å². The summed E-state index contributed by atoms with van der Waals surface area (Å²) < 4.78 is 0. The Labute approximate surface area is 124 Å². The Kier molecular flexibility index (Phi) is 5.25. The van der Waals surface area contributed by atoms with E-state index in [1.54, 1.807) is 11.3 Å². The zero-order valence-electron chi connectivity index (χ0n) is 11.3. The summed E-state index contributed by atoms with van der Waals surface area (Å²) in [5, 5.41) is 6.23. The molecule has 0 saturated heterocycles. The van der Waals surface area contributed by atoms with Crippen molar-refractivity contribution in [3.05, 3.63) is 51.2 Å². The molecule has 1 heterocycles. The normalized spacial score (nSPS) is 10.7. The van der Waals surface area contributed by atoms with Crippen LogP contribution in [0.3, 0.4) is 0 Å². The number of hydrogen-bond donors (Lipinski definition) is 1. The molecule has 2 rings (SSSR count). The quantitative estimate of drug-likeness (QED) is 0.861. The molecule has 1 N–H and O–H groups in total. The number of benzene rings is 1. The molecule has 0 unspecified atom stereocenters. The summed E-state index contributed by atoms with van der Waals surface area (Å²) in [5.74, 6) is 0. The Morgan fingerprint density at radius 1 is 1.32 bits per heavy atom. The smallest absolute Gasteiger partial charge is 0.0519 e. The van der Waals surface area contributed by atoms with Gasteiger partial charge in [0.1, 0.15) is 0 Å². The lowest BCUT2D eigenvalue weighted by Crippen LogP contribution is -2.16. The number of rotatable bonds is 6. The van der Waals surface area contributed by atoms with Crippen LogP contribution < -0.4 is 10.2 Å². The SMILES string of the molecule is CCNCc1ccc(N(C)Cc2cccs2)cc1Cl. The van der Waals surface area contributed by atoms with Gasteiger partial charge in [0.2, 0.25) is 0 Å². The van der Waals surface area contributed by atoms with Crippen molar-refractivity contribution in [3.8, 4) is 0 Å². The molecule has 0 aliphatic carbocycles. The fourth-order valence-electron chi connectivity index (χ4n) is 1.90. The second kappa shape index (κ2) is 6.94. The Bertz CT molecular complexity index is 511. The van der Waals surface area contributed by atoms with E-state index in [-0.39, 0.29) is 0 Å². The average Bonchev–Trinajstić information content (AvgIpc) is 2.90. The van der Waals surface area contributed by atoms with E-state index >= 15 is 0 Å². The molecule has 0 aliphatic heterocycles. The Balaban J connectivity index is 2.06. The third-order valence-electron chi connectivity index (χ3n) is 3.02. The summed E-state index contributed by atoms with van der Waals surface area (Å²) in [4.78, 5) is 3.57. The number of hydrogen-bond acceptors (Lipinski definition) is 3. The maximum absolute atomic E-state index is 6.33. The van der Waals surface area contributed by atoms with E-state index in [1.165, 1.54) is 4.88 Å². The van der Waals surface area contributed by atoms with Crippen molar-refractivity contribution in [2.75, 3.05) is 18.5 Å². The molecule has 2 aromatic rings. The zero-order valence-corrected chi connectivity index (χ0v) is 12.9. The average molecular weight is 295 g/mol. The molecule has 4 heteroatoms. The van der Waals surface area contributed by atoms with Gasteiger partial charge in [-0.15, -0.1) is 11.3 Å². The summed E-state index contributed by atoms with van der Waals surface area (Å²) in [6.07, 6.45) is 0.